The molecule has 2 unspecified atom stereocenters. The maximum Gasteiger partial charge on any atom is 0.131 e. The maximum absolute atomic E-state index is 5.62. The number of aromatic nitrogens is 1. The van der Waals surface area contributed by atoms with Crippen LogP contribution >= 0.6 is 0 Å². The van der Waals surface area contributed by atoms with Gasteiger partial charge in [-0.15, -0.1) is 0 Å². The Labute approximate surface area is 97.7 Å². The number of anilines is 1. The second kappa shape index (κ2) is 4.42. The van der Waals surface area contributed by atoms with Crippen molar-refractivity contribution >= 4 is 5.82 Å². The molecule has 2 atom stereocenters. The Kier molecular flexibility index (Phi) is 3.15. The van der Waals surface area contributed by atoms with Crippen LogP contribution in [0.3, 0.4) is 0 Å². The molecule has 1 fully saturated rings. The average Bonchev–Trinajstić information content (AvgIpc) is 2.57. The maximum atomic E-state index is 5.62. The highest BCUT2D eigenvalue weighted by molar-refractivity contribution is 5.49. The summed E-state index contributed by atoms with van der Waals surface area (Å²) in [5, 5.41) is 0. The zero-order chi connectivity index (χ0) is 11.7. The van der Waals surface area contributed by atoms with E-state index in [-0.39, 0.29) is 0 Å². The summed E-state index contributed by atoms with van der Waals surface area (Å²) in [4.78, 5) is 6.98. The van der Waals surface area contributed by atoms with Gasteiger partial charge < -0.3 is 10.6 Å². The van der Waals surface area contributed by atoms with Gasteiger partial charge in [-0.1, -0.05) is 6.92 Å². The van der Waals surface area contributed by atoms with Crippen molar-refractivity contribution in [3.8, 4) is 0 Å². The molecular formula is C13H21N3. The molecule has 2 N–H and O–H groups in total. The first-order valence-corrected chi connectivity index (χ1v) is 6.04. The van der Waals surface area contributed by atoms with Gasteiger partial charge in [0.05, 0.1) is 0 Å². The number of pyridine rings is 1. The largest absolute Gasteiger partial charge is 0.353 e. The quantitative estimate of drug-likeness (QED) is 0.828. The van der Waals surface area contributed by atoms with Gasteiger partial charge in [-0.05, 0) is 43.4 Å². The molecule has 1 aromatic rings. The minimum Gasteiger partial charge on any atom is -0.353 e. The van der Waals surface area contributed by atoms with Crippen molar-refractivity contribution in [1.82, 2.24) is 4.98 Å². The van der Waals surface area contributed by atoms with Crippen LogP contribution in [0.1, 0.15) is 31.4 Å². The minimum absolute atomic E-state index is 0.570. The summed E-state index contributed by atoms with van der Waals surface area (Å²) in [6.07, 6.45) is 3.16. The highest BCUT2D eigenvalue weighted by atomic mass is 15.2. The molecule has 16 heavy (non-hydrogen) atoms. The van der Waals surface area contributed by atoms with E-state index >= 15 is 0 Å². The van der Waals surface area contributed by atoms with Gasteiger partial charge >= 0.3 is 0 Å². The Hall–Kier alpha value is -1.09. The van der Waals surface area contributed by atoms with Crippen molar-refractivity contribution < 1.29 is 0 Å². The van der Waals surface area contributed by atoms with E-state index < -0.39 is 0 Å². The standard InChI is InChI=1S/C13H21N3/c1-9-4-11(3)16(8-9)13-10(2)5-12(6-14)7-15-13/h5,7,9,11H,4,6,8,14H2,1-3H3. The lowest BCUT2D eigenvalue weighted by molar-refractivity contribution is 0.625. The summed E-state index contributed by atoms with van der Waals surface area (Å²) in [6.45, 7) is 8.40. The minimum atomic E-state index is 0.570. The summed E-state index contributed by atoms with van der Waals surface area (Å²) in [5.41, 5.74) is 7.97. The normalized spacial score (nSPS) is 25.1. The van der Waals surface area contributed by atoms with E-state index in [0.717, 1.165) is 23.8 Å². The Morgan fingerprint density at radius 1 is 1.50 bits per heavy atom. The number of nitrogens with zero attached hydrogens (tertiary/aromatic N) is 2. The molecular weight excluding hydrogens is 198 g/mol. The first kappa shape index (κ1) is 11.4. The van der Waals surface area contributed by atoms with Gasteiger partial charge in [-0.2, -0.15) is 0 Å². The molecule has 0 spiro atoms. The molecule has 1 saturated heterocycles. The molecule has 1 aliphatic rings. The highest BCUT2D eigenvalue weighted by Crippen LogP contribution is 2.29. The van der Waals surface area contributed by atoms with Gasteiger partial charge in [0.25, 0.3) is 0 Å². The van der Waals surface area contributed by atoms with Crippen LogP contribution in [0, 0.1) is 12.8 Å². The van der Waals surface area contributed by atoms with Crippen molar-refractivity contribution in [1.29, 1.82) is 0 Å². The third-order valence-corrected chi connectivity index (χ3v) is 3.40. The molecule has 1 aromatic heterocycles. The van der Waals surface area contributed by atoms with Crippen LogP contribution in [0.25, 0.3) is 0 Å². The summed E-state index contributed by atoms with van der Waals surface area (Å²) >= 11 is 0. The van der Waals surface area contributed by atoms with Crippen LogP contribution in [0.4, 0.5) is 5.82 Å². The Bertz CT molecular complexity index is 375. The summed E-state index contributed by atoms with van der Waals surface area (Å²) in [5.74, 6) is 1.90. The van der Waals surface area contributed by atoms with E-state index in [1.54, 1.807) is 0 Å². The molecule has 3 nitrogen and oxygen atoms in total. The molecule has 3 heteroatoms. The van der Waals surface area contributed by atoms with Crippen molar-refractivity contribution in [2.24, 2.45) is 11.7 Å². The molecule has 0 bridgehead atoms. The van der Waals surface area contributed by atoms with E-state index in [2.05, 4.69) is 36.7 Å². The monoisotopic (exact) mass is 219 g/mol. The molecule has 2 rings (SSSR count). The number of aryl methyl sites for hydroxylation is 1. The first-order valence-electron chi connectivity index (χ1n) is 6.04. The third-order valence-electron chi connectivity index (χ3n) is 3.40. The van der Waals surface area contributed by atoms with E-state index in [1.165, 1.54) is 12.0 Å². The highest BCUT2D eigenvalue weighted by Gasteiger charge is 2.27. The lowest BCUT2D eigenvalue weighted by Gasteiger charge is -2.24. The smallest absolute Gasteiger partial charge is 0.131 e. The fourth-order valence-corrected chi connectivity index (χ4v) is 2.63. The Balaban J connectivity index is 2.27. The van der Waals surface area contributed by atoms with E-state index in [1.807, 2.05) is 6.20 Å². The van der Waals surface area contributed by atoms with Crippen molar-refractivity contribution in [3.05, 3.63) is 23.4 Å². The molecule has 0 radical (unpaired) electrons. The second-order valence-electron chi connectivity index (χ2n) is 5.03. The van der Waals surface area contributed by atoms with Crippen LogP contribution in [0.5, 0.6) is 0 Å². The predicted molar refractivity (Wildman–Crippen MR) is 67.5 cm³/mol. The average molecular weight is 219 g/mol. The van der Waals surface area contributed by atoms with Gasteiger partial charge in [0.1, 0.15) is 5.82 Å². The van der Waals surface area contributed by atoms with Gasteiger partial charge in [-0.25, -0.2) is 4.98 Å². The molecule has 1 aliphatic heterocycles. The molecule has 0 amide bonds. The van der Waals surface area contributed by atoms with E-state index in [9.17, 15) is 0 Å². The third kappa shape index (κ3) is 2.05. The summed E-state index contributed by atoms with van der Waals surface area (Å²) in [7, 11) is 0. The Morgan fingerprint density at radius 3 is 2.75 bits per heavy atom. The first-order chi connectivity index (χ1) is 7.61. The number of hydrogen-bond acceptors (Lipinski definition) is 3. The van der Waals surface area contributed by atoms with E-state index in [0.29, 0.717) is 12.6 Å². The lowest BCUT2D eigenvalue weighted by atomic mass is 10.1. The van der Waals surface area contributed by atoms with Crippen LogP contribution in [0.2, 0.25) is 0 Å². The fraction of sp³-hybridized carbons (Fsp3) is 0.615. The fourth-order valence-electron chi connectivity index (χ4n) is 2.63. The van der Waals surface area contributed by atoms with Gasteiger partial charge in [0.2, 0.25) is 0 Å². The molecule has 0 aromatic carbocycles. The van der Waals surface area contributed by atoms with Crippen LogP contribution in [-0.2, 0) is 6.54 Å². The molecule has 0 aliphatic carbocycles. The Morgan fingerprint density at radius 2 is 2.25 bits per heavy atom. The topological polar surface area (TPSA) is 42.1 Å². The summed E-state index contributed by atoms with van der Waals surface area (Å²) < 4.78 is 0. The molecule has 0 saturated carbocycles. The van der Waals surface area contributed by atoms with Crippen molar-refractivity contribution in [2.75, 3.05) is 11.4 Å². The van der Waals surface area contributed by atoms with Gasteiger partial charge in [-0.3, -0.25) is 0 Å². The molecule has 2 heterocycles. The van der Waals surface area contributed by atoms with Gasteiger partial charge in [0, 0.05) is 25.3 Å². The zero-order valence-corrected chi connectivity index (χ0v) is 10.4. The number of hydrogen-bond donors (Lipinski definition) is 1. The van der Waals surface area contributed by atoms with Gasteiger partial charge in [0.15, 0.2) is 0 Å². The zero-order valence-electron chi connectivity index (χ0n) is 10.4. The number of nitrogens with two attached hydrogens (primary N) is 1. The van der Waals surface area contributed by atoms with Crippen LogP contribution in [-0.4, -0.2) is 17.6 Å². The van der Waals surface area contributed by atoms with Crippen molar-refractivity contribution in [3.63, 3.8) is 0 Å². The lowest BCUT2D eigenvalue weighted by Crippen LogP contribution is -2.28. The second-order valence-corrected chi connectivity index (χ2v) is 5.03. The van der Waals surface area contributed by atoms with Crippen molar-refractivity contribution in [2.45, 2.75) is 39.8 Å². The number of rotatable bonds is 2. The van der Waals surface area contributed by atoms with Crippen LogP contribution < -0.4 is 10.6 Å². The SMILES string of the molecule is Cc1cc(CN)cnc1N1CC(C)CC1C. The molecule has 88 valence electrons. The summed E-state index contributed by atoms with van der Waals surface area (Å²) in [6, 6.07) is 2.75. The van der Waals surface area contributed by atoms with Crippen LogP contribution in [0.15, 0.2) is 12.3 Å². The predicted octanol–water partition coefficient (Wildman–Crippen LogP) is 2.08. The van der Waals surface area contributed by atoms with E-state index in [4.69, 9.17) is 5.73 Å².